The molecule has 2 heterocycles. The van der Waals surface area contributed by atoms with Gasteiger partial charge < -0.3 is 14.2 Å². The van der Waals surface area contributed by atoms with Gasteiger partial charge in [0.25, 0.3) is 11.8 Å². The summed E-state index contributed by atoms with van der Waals surface area (Å²) in [7, 11) is 0. The molecule has 2 aliphatic heterocycles. The minimum Gasteiger partial charge on any atom is -0.459 e. The highest BCUT2D eigenvalue weighted by molar-refractivity contribution is 6.28. The summed E-state index contributed by atoms with van der Waals surface area (Å²) in [5, 5.41) is 0. The highest BCUT2D eigenvalue weighted by Crippen LogP contribution is 2.23. The van der Waals surface area contributed by atoms with Crippen molar-refractivity contribution in [1.82, 2.24) is 0 Å². The van der Waals surface area contributed by atoms with Crippen LogP contribution in [0, 0.1) is 0 Å². The molecule has 1 saturated heterocycles. The van der Waals surface area contributed by atoms with E-state index in [1.807, 2.05) is 0 Å². The summed E-state index contributed by atoms with van der Waals surface area (Å²) in [6.07, 6.45) is 2.11. The third-order valence-electron chi connectivity index (χ3n) is 3.64. The van der Waals surface area contributed by atoms with E-state index in [2.05, 4.69) is 0 Å². The van der Waals surface area contributed by atoms with Crippen molar-refractivity contribution in [2.45, 2.75) is 25.7 Å². The van der Waals surface area contributed by atoms with Crippen molar-refractivity contribution < 1.29 is 28.6 Å². The van der Waals surface area contributed by atoms with Crippen LogP contribution < -0.4 is 4.90 Å². The van der Waals surface area contributed by atoms with Crippen LogP contribution in [0.1, 0.15) is 24.2 Å². The van der Waals surface area contributed by atoms with Crippen LogP contribution >= 0.6 is 0 Å². The Bertz CT molecular complexity index is 688. The van der Waals surface area contributed by atoms with Gasteiger partial charge in [0.05, 0.1) is 17.9 Å². The average molecular weight is 331 g/mol. The number of esters is 1. The maximum Gasteiger partial charge on any atom is 0.338 e. The molecule has 0 N–H and O–H groups in total. The second-order valence-electron chi connectivity index (χ2n) is 5.94. The molecule has 0 aromatic heterocycles. The Kier molecular flexibility index (Phi) is 4.21. The number of carbonyl (C=O) groups excluding carboxylic acids is 3. The molecule has 1 fully saturated rings. The lowest BCUT2D eigenvalue weighted by atomic mass is 10.2. The van der Waals surface area contributed by atoms with Gasteiger partial charge in [-0.1, -0.05) is 0 Å². The standard InChI is InChI=1S/C17H17NO6/c1-17(2)23-10-13(24-17)9-22-16(21)11-3-5-12(6-4-11)18-14(19)7-8-15(18)20/h3-8,13H,9-10H2,1-2H3. The van der Waals surface area contributed by atoms with Crippen molar-refractivity contribution in [3.63, 3.8) is 0 Å². The highest BCUT2D eigenvalue weighted by atomic mass is 16.7. The lowest BCUT2D eigenvalue weighted by Gasteiger charge is -2.17. The van der Waals surface area contributed by atoms with Gasteiger partial charge in [0.1, 0.15) is 12.7 Å². The Labute approximate surface area is 138 Å². The topological polar surface area (TPSA) is 82.1 Å². The van der Waals surface area contributed by atoms with Crippen LogP contribution in [0.15, 0.2) is 36.4 Å². The van der Waals surface area contributed by atoms with E-state index in [-0.39, 0.29) is 12.7 Å². The number of nitrogens with zero attached hydrogens (tertiary/aromatic N) is 1. The monoisotopic (exact) mass is 331 g/mol. The average Bonchev–Trinajstić information content (AvgIpc) is 3.07. The van der Waals surface area contributed by atoms with Crippen LogP contribution in [-0.4, -0.2) is 42.9 Å². The molecule has 7 nitrogen and oxygen atoms in total. The number of hydrogen-bond acceptors (Lipinski definition) is 6. The van der Waals surface area contributed by atoms with Gasteiger partial charge in [0, 0.05) is 12.2 Å². The van der Waals surface area contributed by atoms with Crippen LogP contribution in [0.3, 0.4) is 0 Å². The molecule has 1 atom stereocenters. The minimum absolute atomic E-state index is 0.0943. The molecule has 0 radical (unpaired) electrons. The molecule has 0 spiro atoms. The van der Waals surface area contributed by atoms with Crippen LogP contribution in [-0.2, 0) is 23.8 Å². The maximum atomic E-state index is 12.0. The fourth-order valence-corrected chi connectivity index (χ4v) is 2.50. The molecule has 0 bridgehead atoms. The molecule has 1 unspecified atom stereocenters. The van der Waals surface area contributed by atoms with Crippen LogP contribution in [0.25, 0.3) is 0 Å². The molecule has 7 heteroatoms. The van der Waals surface area contributed by atoms with E-state index in [1.54, 1.807) is 13.8 Å². The second-order valence-corrected chi connectivity index (χ2v) is 5.94. The van der Waals surface area contributed by atoms with Gasteiger partial charge in [0.2, 0.25) is 0 Å². The zero-order valence-electron chi connectivity index (χ0n) is 13.4. The van der Waals surface area contributed by atoms with E-state index in [0.29, 0.717) is 17.9 Å². The zero-order valence-corrected chi connectivity index (χ0v) is 13.4. The van der Waals surface area contributed by atoms with E-state index >= 15 is 0 Å². The first-order valence-electron chi connectivity index (χ1n) is 7.51. The molecule has 3 rings (SSSR count). The lowest BCUT2D eigenvalue weighted by Crippen LogP contribution is -2.29. The SMILES string of the molecule is CC1(C)OCC(COC(=O)c2ccc(N3C(=O)C=CC3=O)cc2)O1. The van der Waals surface area contributed by atoms with Crippen molar-refractivity contribution in [3.05, 3.63) is 42.0 Å². The number of benzene rings is 1. The van der Waals surface area contributed by atoms with Crippen molar-refractivity contribution in [2.75, 3.05) is 18.1 Å². The van der Waals surface area contributed by atoms with Gasteiger partial charge in [0.15, 0.2) is 5.79 Å². The third kappa shape index (κ3) is 3.37. The molecule has 0 saturated carbocycles. The first-order chi connectivity index (χ1) is 11.4. The van der Waals surface area contributed by atoms with E-state index in [9.17, 15) is 14.4 Å². The van der Waals surface area contributed by atoms with Crippen molar-refractivity contribution >= 4 is 23.5 Å². The first-order valence-corrected chi connectivity index (χ1v) is 7.51. The molecule has 1 aromatic rings. The Morgan fingerprint density at radius 2 is 1.83 bits per heavy atom. The number of amides is 2. The molecule has 0 aliphatic carbocycles. The molecular formula is C17H17NO6. The molecule has 1 aromatic carbocycles. The molecular weight excluding hydrogens is 314 g/mol. The summed E-state index contributed by atoms with van der Waals surface area (Å²) in [6.45, 7) is 4.05. The number of imide groups is 1. The Morgan fingerprint density at radius 1 is 1.21 bits per heavy atom. The van der Waals surface area contributed by atoms with Crippen LogP contribution in [0.5, 0.6) is 0 Å². The Balaban J connectivity index is 1.58. The number of hydrogen-bond donors (Lipinski definition) is 0. The summed E-state index contributed by atoms with van der Waals surface area (Å²) in [4.78, 5) is 36.3. The van der Waals surface area contributed by atoms with Crippen molar-refractivity contribution in [1.29, 1.82) is 0 Å². The highest BCUT2D eigenvalue weighted by Gasteiger charge is 2.33. The summed E-state index contributed by atoms with van der Waals surface area (Å²) in [5.41, 5.74) is 0.727. The number of carbonyl (C=O) groups is 3. The molecule has 2 aliphatic rings. The van der Waals surface area contributed by atoms with E-state index in [0.717, 1.165) is 4.90 Å². The van der Waals surface area contributed by atoms with Gasteiger partial charge in [-0.15, -0.1) is 0 Å². The van der Waals surface area contributed by atoms with Gasteiger partial charge >= 0.3 is 5.97 Å². The molecule has 126 valence electrons. The van der Waals surface area contributed by atoms with Crippen molar-refractivity contribution in [3.8, 4) is 0 Å². The summed E-state index contributed by atoms with van der Waals surface area (Å²) in [6, 6.07) is 6.06. The second kappa shape index (κ2) is 6.18. The predicted octanol–water partition coefficient (Wildman–Crippen LogP) is 1.42. The van der Waals surface area contributed by atoms with E-state index in [1.165, 1.54) is 36.4 Å². The predicted molar refractivity (Wildman–Crippen MR) is 83.3 cm³/mol. The number of rotatable bonds is 4. The quantitative estimate of drug-likeness (QED) is 0.613. The van der Waals surface area contributed by atoms with E-state index in [4.69, 9.17) is 14.2 Å². The van der Waals surface area contributed by atoms with Crippen LogP contribution in [0.2, 0.25) is 0 Å². The number of ether oxygens (including phenoxy) is 3. The van der Waals surface area contributed by atoms with Gasteiger partial charge in [-0.05, 0) is 38.1 Å². The summed E-state index contributed by atoms with van der Waals surface area (Å²) < 4.78 is 16.2. The largest absolute Gasteiger partial charge is 0.459 e. The molecule has 2 amide bonds. The van der Waals surface area contributed by atoms with Crippen molar-refractivity contribution in [2.24, 2.45) is 0 Å². The van der Waals surface area contributed by atoms with Gasteiger partial charge in [-0.25, -0.2) is 9.69 Å². The smallest absolute Gasteiger partial charge is 0.338 e. The van der Waals surface area contributed by atoms with E-state index < -0.39 is 23.6 Å². The van der Waals surface area contributed by atoms with Crippen LogP contribution in [0.4, 0.5) is 5.69 Å². The normalized spacial score (nSPS) is 22.2. The fraction of sp³-hybridized carbons (Fsp3) is 0.353. The Hall–Kier alpha value is -2.51. The third-order valence-corrected chi connectivity index (χ3v) is 3.64. The van der Waals surface area contributed by atoms with Gasteiger partial charge in [-0.2, -0.15) is 0 Å². The lowest BCUT2D eigenvalue weighted by molar-refractivity contribution is -0.142. The minimum atomic E-state index is -0.665. The maximum absolute atomic E-state index is 12.0. The molecule has 24 heavy (non-hydrogen) atoms. The first kappa shape index (κ1) is 16.4. The Morgan fingerprint density at radius 3 is 2.38 bits per heavy atom. The fourth-order valence-electron chi connectivity index (χ4n) is 2.50. The van der Waals surface area contributed by atoms with Gasteiger partial charge in [-0.3, -0.25) is 9.59 Å². The zero-order chi connectivity index (χ0) is 17.3. The summed E-state index contributed by atoms with van der Waals surface area (Å²) in [5.74, 6) is -1.98. The summed E-state index contributed by atoms with van der Waals surface area (Å²) >= 11 is 0. The number of anilines is 1.